The van der Waals surface area contributed by atoms with Crippen molar-refractivity contribution in [3.8, 4) is 0 Å². The number of hydrogen-bond donors (Lipinski definition) is 1. The fourth-order valence-electron chi connectivity index (χ4n) is 4.82. The van der Waals surface area contributed by atoms with Gasteiger partial charge in [0.2, 0.25) is 5.91 Å². The van der Waals surface area contributed by atoms with Crippen LogP contribution >= 0.6 is 11.6 Å². The van der Waals surface area contributed by atoms with Crippen LogP contribution in [0.4, 0.5) is 0 Å². The van der Waals surface area contributed by atoms with Crippen LogP contribution in [0, 0.1) is 20.8 Å². The fraction of sp³-hybridized carbons (Fsp3) is 0.458. The summed E-state index contributed by atoms with van der Waals surface area (Å²) in [6.07, 6.45) is 5.72. The number of amides is 1. The second-order valence-corrected chi connectivity index (χ2v) is 9.02. The first-order valence-electron chi connectivity index (χ1n) is 10.7. The van der Waals surface area contributed by atoms with Crippen molar-refractivity contribution in [3.63, 3.8) is 0 Å². The lowest BCUT2D eigenvalue weighted by Gasteiger charge is -2.30. The Labute approximate surface area is 182 Å². The summed E-state index contributed by atoms with van der Waals surface area (Å²) >= 11 is 6.07. The van der Waals surface area contributed by atoms with Crippen molar-refractivity contribution in [3.05, 3.63) is 63.6 Å². The number of fused-ring (bicyclic) bond motifs is 1. The number of halogens is 1. The summed E-state index contributed by atoms with van der Waals surface area (Å²) in [5.41, 5.74) is 6.26. The molecule has 1 N–H and O–H groups in total. The molecule has 6 heteroatoms. The summed E-state index contributed by atoms with van der Waals surface area (Å²) in [5, 5.41) is 8.49. The first kappa shape index (κ1) is 20.9. The van der Waals surface area contributed by atoms with E-state index in [2.05, 4.69) is 34.5 Å². The van der Waals surface area contributed by atoms with Crippen LogP contribution in [-0.2, 0) is 16.6 Å². The molecule has 0 unspecified atom stereocenters. The van der Waals surface area contributed by atoms with Crippen LogP contribution < -0.4 is 5.32 Å². The van der Waals surface area contributed by atoms with Gasteiger partial charge in [-0.2, -0.15) is 5.10 Å². The fourth-order valence-corrected chi connectivity index (χ4v) is 4.95. The predicted octanol–water partition coefficient (Wildman–Crippen LogP) is 4.87. The number of rotatable bonds is 6. The van der Waals surface area contributed by atoms with Crippen LogP contribution in [-0.4, -0.2) is 27.0 Å². The van der Waals surface area contributed by atoms with E-state index >= 15 is 0 Å². The Morgan fingerprint density at radius 2 is 1.87 bits per heavy atom. The molecule has 158 valence electrons. The molecule has 1 fully saturated rings. The van der Waals surface area contributed by atoms with Gasteiger partial charge in [-0.25, -0.2) is 9.50 Å². The van der Waals surface area contributed by atoms with Gasteiger partial charge in [0.15, 0.2) is 5.65 Å². The summed E-state index contributed by atoms with van der Waals surface area (Å²) in [7, 11) is 0. The van der Waals surface area contributed by atoms with Gasteiger partial charge >= 0.3 is 0 Å². The van der Waals surface area contributed by atoms with Crippen LogP contribution in [0.5, 0.6) is 0 Å². The Morgan fingerprint density at radius 1 is 1.17 bits per heavy atom. The minimum Gasteiger partial charge on any atom is -0.355 e. The van der Waals surface area contributed by atoms with Crippen molar-refractivity contribution in [1.82, 2.24) is 19.9 Å². The molecule has 0 spiro atoms. The quantitative estimate of drug-likeness (QED) is 0.614. The Morgan fingerprint density at radius 3 is 2.57 bits per heavy atom. The lowest BCUT2D eigenvalue weighted by atomic mass is 9.79. The SMILES string of the molecule is Cc1cc2nc(C)c(CCC(=O)NCC3(c4ccc(Cl)cc4)CCCC3)c(C)n2n1. The number of carbonyl (C=O) groups is 1. The van der Waals surface area contributed by atoms with E-state index in [1.54, 1.807) is 0 Å². The van der Waals surface area contributed by atoms with E-state index in [9.17, 15) is 4.79 Å². The number of aryl methyl sites for hydroxylation is 3. The maximum atomic E-state index is 12.7. The molecular weight excluding hydrogens is 396 g/mol. The molecule has 1 aromatic carbocycles. The van der Waals surface area contributed by atoms with Gasteiger partial charge in [-0.3, -0.25) is 4.79 Å². The third-order valence-electron chi connectivity index (χ3n) is 6.53. The predicted molar refractivity (Wildman–Crippen MR) is 120 cm³/mol. The topological polar surface area (TPSA) is 59.3 Å². The highest BCUT2D eigenvalue weighted by molar-refractivity contribution is 6.30. The van der Waals surface area contributed by atoms with E-state index in [0.717, 1.165) is 46.2 Å². The van der Waals surface area contributed by atoms with Crippen LogP contribution in [0.15, 0.2) is 30.3 Å². The summed E-state index contributed by atoms with van der Waals surface area (Å²) in [6.45, 7) is 6.71. The number of nitrogens with one attached hydrogen (secondary N) is 1. The second kappa shape index (κ2) is 8.38. The molecular formula is C24H29ClN4O. The standard InChI is InChI=1S/C24H29ClN4O/c1-16-14-22-27-17(2)21(18(3)29(22)28-16)10-11-23(30)26-15-24(12-4-5-13-24)19-6-8-20(25)9-7-19/h6-9,14H,4-5,10-13,15H2,1-3H3,(H,26,30). The monoisotopic (exact) mass is 424 g/mol. The van der Waals surface area contributed by atoms with Crippen molar-refractivity contribution >= 4 is 23.2 Å². The number of benzene rings is 1. The van der Waals surface area contributed by atoms with Gasteiger partial charge in [-0.05, 0) is 63.3 Å². The highest BCUT2D eigenvalue weighted by atomic mass is 35.5. The molecule has 0 atom stereocenters. The number of hydrogen-bond acceptors (Lipinski definition) is 3. The van der Waals surface area contributed by atoms with Crippen LogP contribution in [0.3, 0.4) is 0 Å². The first-order valence-corrected chi connectivity index (χ1v) is 11.1. The lowest BCUT2D eigenvalue weighted by Crippen LogP contribution is -2.39. The molecule has 0 radical (unpaired) electrons. The van der Waals surface area contributed by atoms with E-state index < -0.39 is 0 Å². The van der Waals surface area contributed by atoms with Crippen LogP contribution in [0.25, 0.3) is 5.65 Å². The molecule has 1 amide bonds. The average molecular weight is 425 g/mol. The summed E-state index contributed by atoms with van der Waals surface area (Å²) < 4.78 is 1.88. The third kappa shape index (κ3) is 4.08. The van der Waals surface area contributed by atoms with Crippen LogP contribution in [0.1, 0.15) is 60.3 Å². The van der Waals surface area contributed by atoms with Gasteiger partial charge in [0.05, 0.1) is 5.69 Å². The number of nitrogens with zero attached hydrogens (tertiary/aromatic N) is 3. The molecule has 2 heterocycles. The van der Waals surface area contributed by atoms with Crippen molar-refractivity contribution in [1.29, 1.82) is 0 Å². The van der Waals surface area contributed by atoms with Crippen LogP contribution in [0.2, 0.25) is 5.02 Å². The molecule has 1 saturated carbocycles. The first-order chi connectivity index (χ1) is 14.4. The molecule has 0 aliphatic heterocycles. The Kier molecular flexibility index (Phi) is 5.83. The van der Waals surface area contributed by atoms with Gasteiger partial charge in [0.25, 0.3) is 0 Å². The van der Waals surface area contributed by atoms with Crippen molar-refractivity contribution in [2.24, 2.45) is 0 Å². The molecule has 30 heavy (non-hydrogen) atoms. The van der Waals surface area contributed by atoms with Gasteiger partial charge in [0.1, 0.15) is 0 Å². The normalized spacial score (nSPS) is 15.6. The van der Waals surface area contributed by atoms with E-state index in [1.807, 2.05) is 36.6 Å². The largest absolute Gasteiger partial charge is 0.355 e. The van der Waals surface area contributed by atoms with E-state index in [-0.39, 0.29) is 11.3 Å². The maximum absolute atomic E-state index is 12.7. The van der Waals surface area contributed by atoms with Gasteiger partial charge in [-0.15, -0.1) is 0 Å². The zero-order chi connectivity index (χ0) is 21.3. The Bertz CT molecular complexity index is 1060. The number of aromatic nitrogens is 3. The van der Waals surface area contributed by atoms with Gasteiger partial charge < -0.3 is 5.32 Å². The van der Waals surface area contributed by atoms with Crippen molar-refractivity contribution in [2.45, 2.75) is 64.7 Å². The summed E-state index contributed by atoms with van der Waals surface area (Å²) in [6, 6.07) is 10.1. The molecule has 3 aromatic rings. The highest BCUT2D eigenvalue weighted by Crippen LogP contribution is 2.41. The third-order valence-corrected chi connectivity index (χ3v) is 6.78. The maximum Gasteiger partial charge on any atom is 0.220 e. The Hall–Kier alpha value is -2.40. The molecule has 0 bridgehead atoms. The van der Waals surface area contributed by atoms with E-state index in [4.69, 9.17) is 11.6 Å². The molecule has 1 aliphatic carbocycles. The van der Waals surface area contributed by atoms with Crippen molar-refractivity contribution in [2.75, 3.05) is 6.54 Å². The molecule has 5 nitrogen and oxygen atoms in total. The molecule has 2 aromatic heterocycles. The zero-order valence-corrected chi connectivity index (χ0v) is 18.7. The number of carbonyl (C=O) groups excluding carboxylic acids is 1. The Balaban J connectivity index is 1.42. The molecule has 1 aliphatic rings. The minimum atomic E-state index is 0.0269. The lowest BCUT2D eigenvalue weighted by molar-refractivity contribution is -0.121. The molecule has 0 saturated heterocycles. The zero-order valence-electron chi connectivity index (χ0n) is 18.0. The summed E-state index contributed by atoms with van der Waals surface area (Å²) in [5.74, 6) is 0.0887. The minimum absolute atomic E-state index is 0.0269. The second-order valence-electron chi connectivity index (χ2n) is 8.59. The van der Waals surface area contributed by atoms with Gasteiger partial charge in [0, 0.05) is 40.9 Å². The van der Waals surface area contributed by atoms with Crippen molar-refractivity contribution < 1.29 is 4.79 Å². The van der Waals surface area contributed by atoms with E-state index in [0.29, 0.717) is 19.4 Å². The van der Waals surface area contributed by atoms with Gasteiger partial charge in [-0.1, -0.05) is 36.6 Å². The summed E-state index contributed by atoms with van der Waals surface area (Å²) in [4.78, 5) is 17.4. The van der Waals surface area contributed by atoms with E-state index in [1.165, 1.54) is 18.4 Å². The smallest absolute Gasteiger partial charge is 0.220 e. The highest BCUT2D eigenvalue weighted by Gasteiger charge is 2.35. The average Bonchev–Trinajstić information content (AvgIpc) is 3.34. The molecule has 4 rings (SSSR count).